The Bertz CT molecular complexity index is 1010. The zero-order valence-corrected chi connectivity index (χ0v) is 16.6. The zero-order valence-electron chi connectivity index (χ0n) is 15.8. The predicted octanol–water partition coefficient (Wildman–Crippen LogP) is 2.05. The predicted molar refractivity (Wildman–Crippen MR) is 108 cm³/mol. The van der Waals surface area contributed by atoms with Crippen molar-refractivity contribution in [3.05, 3.63) is 35.0 Å². The van der Waals surface area contributed by atoms with Crippen LogP contribution in [0.5, 0.6) is 0 Å². The van der Waals surface area contributed by atoms with Crippen molar-refractivity contribution in [2.24, 2.45) is 0 Å². The van der Waals surface area contributed by atoms with Gasteiger partial charge in [-0.3, -0.25) is 9.69 Å². The molecule has 7 nitrogen and oxygen atoms in total. The molecule has 1 aliphatic heterocycles. The lowest BCUT2D eigenvalue weighted by molar-refractivity contribution is -0.129. The molecule has 0 bridgehead atoms. The van der Waals surface area contributed by atoms with E-state index in [1.807, 2.05) is 29.6 Å². The van der Waals surface area contributed by atoms with Gasteiger partial charge in [-0.15, -0.1) is 0 Å². The molecule has 1 fully saturated rings. The van der Waals surface area contributed by atoms with Crippen LogP contribution in [-0.2, 0) is 4.79 Å². The Kier molecular flexibility index (Phi) is 4.65. The van der Waals surface area contributed by atoms with Crippen molar-refractivity contribution in [2.45, 2.75) is 6.92 Å². The highest BCUT2D eigenvalue weighted by molar-refractivity contribution is 6.34. The highest BCUT2D eigenvalue weighted by atomic mass is 35.5. The number of carbonyl (C=O) groups is 1. The lowest BCUT2D eigenvalue weighted by atomic mass is 10.2. The van der Waals surface area contributed by atoms with Crippen molar-refractivity contribution >= 4 is 39.9 Å². The Morgan fingerprint density at radius 3 is 2.59 bits per heavy atom. The normalized spacial score (nSPS) is 15.6. The van der Waals surface area contributed by atoms with Crippen LogP contribution < -0.4 is 4.90 Å². The van der Waals surface area contributed by atoms with Crippen LogP contribution in [-0.4, -0.2) is 77.1 Å². The lowest BCUT2D eigenvalue weighted by Gasteiger charge is -2.35. The minimum Gasteiger partial charge on any atom is -0.353 e. The molecule has 0 radical (unpaired) electrons. The molecule has 0 aliphatic carbocycles. The van der Waals surface area contributed by atoms with E-state index in [-0.39, 0.29) is 5.91 Å². The van der Waals surface area contributed by atoms with Crippen LogP contribution >= 0.6 is 11.6 Å². The number of piperazine rings is 1. The lowest BCUT2D eigenvalue weighted by Crippen LogP contribution is -2.49. The van der Waals surface area contributed by atoms with E-state index in [0.717, 1.165) is 48.6 Å². The minimum absolute atomic E-state index is 0.134. The van der Waals surface area contributed by atoms with Gasteiger partial charge in [0.1, 0.15) is 10.8 Å². The summed E-state index contributed by atoms with van der Waals surface area (Å²) < 4.78 is 1.82. The van der Waals surface area contributed by atoms with E-state index >= 15 is 0 Å². The van der Waals surface area contributed by atoms with Crippen molar-refractivity contribution in [3.63, 3.8) is 0 Å². The SMILES string of the molecule is Cc1nn2c(nc(N3CCN(CC(=O)N(C)C)CC3)c3ccccc32)c1Cl. The number of anilines is 1. The van der Waals surface area contributed by atoms with E-state index in [2.05, 4.69) is 21.0 Å². The van der Waals surface area contributed by atoms with E-state index in [0.29, 0.717) is 17.2 Å². The second-order valence-corrected chi connectivity index (χ2v) is 7.52. The molecular weight excluding hydrogens is 364 g/mol. The molecule has 0 unspecified atom stereocenters. The maximum atomic E-state index is 12.0. The summed E-state index contributed by atoms with van der Waals surface area (Å²) in [6.45, 7) is 5.64. The third-order valence-corrected chi connectivity index (χ3v) is 5.52. The highest BCUT2D eigenvalue weighted by Crippen LogP contribution is 2.30. The van der Waals surface area contributed by atoms with Crippen LogP contribution in [0, 0.1) is 6.92 Å². The molecule has 1 saturated heterocycles. The van der Waals surface area contributed by atoms with Gasteiger partial charge in [0.05, 0.1) is 17.8 Å². The smallest absolute Gasteiger partial charge is 0.236 e. The zero-order chi connectivity index (χ0) is 19.1. The van der Waals surface area contributed by atoms with Crippen molar-refractivity contribution in [1.82, 2.24) is 24.4 Å². The fraction of sp³-hybridized carbons (Fsp3) is 0.421. The number of aromatic nitrogens is 3. The molecule has 8 heteroatoms. The third kappa shape index (κ3) is 3.21. The number of benzene rings is 1. The van der Waals surface area contributed by atoms with Crippen LogP contribution in [0.4, 0.5) is 5.82 Å². The van der Waals surface area contributed by atoms with Crippen molar-refractivity contribution in [1.29, 1.82) is 0 Å². The molecule has 0 spiro atoms. The Morgan fingerprint density at radius 1 is 1.19 bits per heavy atom. The van der Waals surface area contributed by atoms with Gasteiger partial charge >= 0.3 is 0 Å². The molecule has 0 N–H and O–H groups in total. The number of rotatable bonds is 3. The first-order chi connectivity index (χ1) is 13.0. The first-order valence-electron chi connectivity index (χ1n) is 9.06. The number of para-hydroxylation sites is 1. The summed E-state index contributed by atoms with van der Waals surface area (Å²) in [5.74, 6) is 1.06. The molecule has 142 valence electrons. The van der Waals surface area contributed by atoms with Gasteiger partial charge in [-0.25, -0.2) is 9.50 Å². The van der Waals surface area contributed by atoms with E-state index in [9.17, 15) is 4.79 Å². The third-order valence-electron chi connectivity index (χ3n) is 5.08. The Labute approximate surface area is 163 Å². The molecule has 1 aromatic carbocycles. The van der Waals surface area contributed by atoms with Gasteiger partial charge < -0.3 is 9.80 Å². The van der Waals surface area contributed by atoms with Gasteiger partial charge in [-0.2, -0.15) is 5.10 Å². The molecule has 1 aliphatic rings. The number of hydrogen-bond acceptors (Lipinski definition) is 5. The monoisotopic (exact) mass is 386 g/mol. The summed E-state index contributed by atoms with van der Waals surface area (Å²) in [7, 11) is 3.59. The molecule has 2 aromatic heterocycles. The van der Waals surface area contributed by atoms with Crippen molar-refractivity contribution < 1.29 is 4.79 Å². The van der Waals surface area contributed by atoms with E-state index in [4.69, 9.17) is 16.6 Å². The topological polar surface area (TPSA) is 57.0 Å². The second kappa shape index (κ2) is 6.98. The maximum absolute atomic E-state index is 12.0. The van der Waals surface area contributed by atoms with Crippen LogP contribution in [0.15, 0.2) is 24.3 Å². The second-order valence-electron chi connectivity index (χ2n) is 7.14. The maximum Gasteiger partial charge on any atom is 0.236 e. The molecule has 27 heavy (non-hydrogen) atoms. The summed E-state index contributed by atoms with van der Waals surface area (Å²) in [6.07, 6.45) is 0. The van der Waals surface area contributed by atoms with Crippen LogP contribution in [0.3, 0.4) is 0 Å². The van der Waals surface area contributed by atoms with Crippen LogP contribution in [0.25, 0.3) is 16.6 Å². The molecule has 0 saturated carbocycles. The summed E-state index contributed by atoms with van der Waals surface area (Å²) >= 11 is 6.45. The summed E-state index contributed by atoms with van der Waals surface area (Å²) in [5.41, 5.74) is 2.46. The number of likely N-dealkylation sites (N-methyl/N-ethyl adjacent to an activating group) is 1. The van der Waals surface area contributed by atoms with Crippen LogP contribution in [0.1, 0.15) is 5.69 Å². The van der Waals surface area contributed by atoms with Gasteiger partial charge in [-0.1, -0.05) is 23.7 Å². The number of halogens is 1. The first kappa shape index (κ1) is 18.0. The van der Waals surface area contributed by atoms with Crippen molar-refractivity contribution in [3.8, 4) is 0 Å². The highest BCUT2D eigenvalue weighted by Gasteiger charge is 2.23. The fourth-order valence-electron chi connectivity index (χ4n) is 3.46. The van der Waals surface area contributed by atoms with E-state index in [1.165, 1.54) is 0 Å². The van der Waals surface area contributed by atoms with Gasteiger partial charge in [0, 0.05) is 45.7 Å². The summed E-state index contributed by atoms with van der Waals surface area (Å²) in [5, 5.41) is 6.19. The summed E-state index contributed by atoms with van der Waals surface area (Å²) in [6, 6.07) is 8.14. The van der Waals surface area contributed by atoms with Gasteiger partial charge in [-0.05, 0) is 19.1 Å². The van der Waals surface area contributed by atoms with Gasteiger partial charge in [0.25, 0.3) is 0 Å². The molecule has 3 heterocycles. The quantitative estimate of drug-likeness (QED) is 0.689. The largest absolute Gasteiger partial charge is 0.353 e. The number of hydrogen-bond donors (Lipinski definition) is 0. The number of aryl methyl sites for hydroxylation is 1. The number of fused-ring (bicyclic) bond motifs is 3. The Balaban J connectivity index is 1.66. The molecule has 0 atom stereocenters. The number of amides is 1. The molecular formula is C19H23ClN6O. The first-order valence-corrected chi connectivity index (χ1v) is 9.44. The standard InChI is InChI=1S/C19H23ClN6O/c1-13-17(20)19-21-18(14-6-4-5-7-15(14)26(19)22-13)25-10-8-24(9-11-25)12-16(27)23(2)3/h4-7H,8-12H2,1-3H3. The van der Waals surface area contributed by atoms with Crippen LogP contribution in [0.2, 0.25) is 5.02 Å². The number of carbonyl (C=O) groups excluding carboxylic acids is 1. The van der Waals surface area contributed by atoms with Gasteiger partial charge in [0.2, 0.25) is 5.91 Å². The Morgan fingerprint density at radius 2 is 1.89 bits per heavy atom. The van der Waals surface area contributed by atoms with Crippen molar-refractivity contribution in [2.75, 3.05) is 51.7 Å². The molecule has 1 amide bonds. The average molecular weight is 387 g/mol. The minimum atomic E-state index is 0.134. The van der Waals surface area contributed by atoms with E-state index < -0.39 is 0 Å². The van der Waals surface area contributed by atoms with E-state index in [1.54, 1.807) is 19.0 Å². The summed E-state index contributed by atoms with van der Waals surface area (Å²) in [4.78, 5) is 22.9. The van der Waals surface area contributed by atoms with Gasteiger partial charge in [0.15, 0.2) is 5.65 Å². The molecule has 3 aromatic rings. The number of nitrogens with zero attached hydrogens (tertiary/aromatic N) is 6. The average Bonchev–Trinajstić information content (AvgIpc) is 2.96. The molecule has 4 rings (SSSR count). The Hall–Kier alpha value is -2.38. The fourth-order valence-corrected chi connectivity index (χ4v) is 3.62.